The number of hydrogen-bond acceptors (Lipinski definition) is 3. The van der Waals surface area contributed by atoms with Gasteiger partial charge < -0.3 is 9.64 Å². The van der Waals surface area contributed by atoms with E-state index in [0.29, 0.717) is 6.10 Å². The lowest BCUT2D eigenvalue weighted by Crippen LogP contribution is -2.40. The van der Waals surface area contributed by atoms with Crippen molar-refractivity contribution in [2.24, 2.45) is 0 Å². The Balaban J connectivity index is 1.89. The highest BCUT2D eigenvalue weighted by molar-refractivity contribution is 9.11. The molecule has 0 saturated carbocycles. The van der Waals surface area contributed by atoms with Crippen molar-refractivity contribution in [1.29, 1.82) is 0 Å². The fourth-order valence-corrected chi connectivity index (χ4v) is 3.85. The monoisotopic (exact) mass is 409 g/mol. The summed E-state index contributed by atoms with van der Waals surface area (Å²) in [5.74, 6) is 0.151. The van der Waals surface area contributed by atoms with Crippen molar-refractivity contribution in [3.8, 4) is 0 Å². The third kappa shape index (κ3) is 4.03. The molecule has 1 aliphatic heterocycles. The van der Waals surface area contributed by atoms with E-state index in [1.54, 1.807) is 0 Å². The quantitative estimate of drug-likeness (QED) is 0.705. The van der Waals surface area contributed by atoms with Gasteiger partial charge in [-0.2, -0.15) is 0 Å². The van der Waals surface area contributed by atoms with Gasteiger partial charge in [-0.15, -0.1) is 11.3 Å². The van der Waals surface area contributed by atoms with Crippen LogP contribution in [0.4, 0.5) is 0 Å². The zero-order valence-corrected chi connectivity index (χ0v) is 14.8. The summed E-state index contributed by atoms with van der Waals surface area (Å²) in [7, 11) is 0. The number of halogens is 2. The van der Waals surface area contributed by atoms with Gasteiger partial charge in [0.05, 0.1) is 21.4 Å². The maximum atomic E-state index is 12.4. The van der Waals surface area contributed by atoms with Crippen molar-refractivity contribution in [3.05, 3.63) is 20.3 Å². The summed E-state index contributed by atoms with van der Waals surface area (Å²) in [5, 5.41) is 0.870. The molecule has 2 rings (SSSR count). The largest absolute Gasteiger partial charge is 0.377 e. The van der Waals surface area contributed by atoms with Crippen LogP contribution in [0.15, 0.2) is 9.85 Å². The number of carbonyl (C=O) groups is 1. The lowest BCUT2D eigenvalue weighted by Gasteiger charge is -2.31. The van der Waals surface area contributed by atoms with Crippen molar-refractivity contribution in [1.82, 2.24) is 4.90 Å². The van der Waals surface area contributed by atoms with E-state index in [2.05, 4.69) is 31.9 Å². The standard InChI is InChI=1S/C13H17Br2NO2S/c1-9-8-11(19-12(9)15)13(17)16-5-2-10(3-6-16)18-7-4-14/h8,10H,2-7H2,1H3. The Morgan fingerprint density at radius 1 is 1.53 bits per heavy atom. The number of amides is 1. The Bertz CT molecular complexity index is 422. The number of ether oxygens (including phenoxy) is 1. The summed E-state index contributed by atoms with van der Waals surface area (Å²) in [6, 6.07) is 1.96. The Labute approximate surface area is 134 Å². The molecule has 2 heterocycles. The minimum absolute atomic E-state index is 0.151. The maximum absolute atomic E-state index is 12.4. The second kappa shape index (κ2) is 7.20. The van der Waals surface area contributed by atoms with Gasteiger partial charge >= 0.3 is 0 Å². The fourth-order valence-electron chi connectivity index (χ4n) is 2.16. The molecular formula is C13H17Br2NO2S. The van der Waals surface area contributed by atoms with Crippen LogP contribution in [0.3, 0.4) is 0 Å². The topological polar surface area (TPSA) is 29.5 Å². The van der Waals surface area contributed by atoms with Gasteiger partial charge in [-0.3, -0.25) is 4.79 Å². The van der Waals surface area contributed by atoms with Gasteiger partial charge in [0.25, 0.3) is 5.91 Å². The molecular weight excluding hydrogens is 394 g/mol. The summed E-state index contributed by atoms with van der Waals surface area (Å²) < 4.78 is 6.75. The van der Waals surface area contributed by atoms with Gasteiger partial charge in [0, 0.05) is 18.4 Å². The molecule has 0 spiro atoms. The van der Waals surface area contributed by atoms with Gasteiger partial charge in [-0.05, 0) is 47.3 Å². The predicted octanol–water partition coefficient (Wildman–Crippen LogP) is 3.84. The van der Waals surface area contributed by atoms with Crippen molar-refractivity contribution in [3.63, 3.8) is 0 Å². The number of rotatable bonds is 4. The van der Waals surface area contributed by atoms with Crippen molar-refractivity contribution >= 4 is 49.1 Å². The van der Waals surface area contributed by atoms with Crippen LogP contribution in [0.5, 0.6) is 0 Å². The number of alkyl halides is 1. The van der Waals surface area contributed by atoms with Crippen LogP contribution in [-0.2, 0) is 4.74 Å². The number of aryl methyl sites for hydroxylation is 1. The van der Waals surface area contributed by atoms with E-state index in [4.69, 9.17) is 4.74 Å². The number of carbonyl (C=O) groups excluding carboxylic acids is 1. The lowest BCUT2D eigenvalue weighted by atomic mass is 10.1. The van der Waals surface area contributed by atoms with Crippen LogP contribution in [0.25, 0.3) is 0 Å². The maximum Gasteiger partial charge on any atom is 0.263 e. The van der Waals surface area contributed by atoms with E-state index in [0.717, 1.165) is 52.1 Å². The van der Waals surface area contributed by atoms with E-state index >= 15 is 0 Å². The normalized spacial score (nSPS) is 16.9. The number of thiophene rings is 1. The van der Waals surface area contributed by atoms with Crippen LogP contribution in [0.2, 0.25) is 0 Å². The van der Waals surface area contributed by atoms with Crippen molar-refractivity contribution in [2.75, 3.05) is 25.0 Å². The molecule has 1 aromatic rings. The molecule has 0 aliphatic carbocycles. The summed E-state index contributed by atoms with van der Waals surface area (Å²) in [5.41, 5.74) is 1.13. The first-order valence-electron chi connectivity index (χ1n) is 6.34. The average Bonchev–Trinajstić information content (AvgIpc) is 2.76. The summed E-state index contributed by atoms with van der Waals surface area (Å²) in [6.07, 6.45) is 2.17. The molecule has 6 heteroatoms. The average molecular weight is 411 g/mol. The highest BCUT2D eigenvalue weighted by Crippen LogP contribution is 2.29. The van der Waals surface area contributed by atoms with E-state index < -0.39 is 0 Å². The third-order valence-corrected chi connectivity index (χ3v) is 5.68. The van der Waals surface area contributed by atoms with Crippen molar-refractivity contribution in [2.45, 2.75) is 25.9 Å². The second-order valence-electron chi connectivity index (χ2n) is 4.62. The minimum Gasteiger partial charge on any atom is -0.377 e. The van der Waals surface area contributed by atoms with E-state index in [-0.39, 0.29) is 5.91 Å². The molecule has 19 heavy (non-hydrogen) atoms. The smallest absolute Gasteiger partial charge is 0.263 e. The zero-order valence-electron chi connectivity index (χ0n) is 10.8. The summed E-state index contributed by atoms with van der Waals surface area (Å²) >= 11 is 8.35. The molecule has 1 amide bonds. The number of nitrogens with zero attached hydrogens (tertiary/aromatic N) is 1. The molecule has 0 bridgehead atoms. The first kappa shape index (κ1) is 15.5. The third-order valence-electron chi connectivity index (χ3n) is 3.23. The Morgan fingerprint density at radius 2 is 2.21 bits per heavy atom. The Hall–Kier alpha value is 0.0900. The van der Waals surface area contributed by atoms with E-state index in [1.807, 2.05) is 17.9 Å². The molecule has 1 saturated heterocycles. The Morgan fingerprint density at radius 3 is 2.74 bits per heavy atom. The molecule has 1 aromatic heterocycles. The van der Waals surface area contributed by atoms with Crippen LogP contribution in [0, 0.1) is 6.92 Å². The van der Waals surface area contributed by atoms with Crippen molar-refractivity contribution < 1.29 is 9.53 Å². The lowest BCUT2D eigenvalue weighted by molar-refractivity contribution is 0.0161. The molecule has 3 nitrogen and oxygen atoms in total. The van der Waals surface area contributed by atoms with Crippen LogP contribution < -0.4 is 0 Å². The minimum atomic E-state index is 0.151. The number of piperidine rings is 1. The molecule has 0 atom stereocenters. The van der Waals surface area contributed by atoms with Gasteiger partial charge in [-0.1, -0.05) is 15.9 Å². The molecule has 0 N–H and O–H groups in total. The molecule has 1 aliphatic rings. The fraction of sp³-hybridized carbons (Fsp3) is 0.615. The molecule has 0 unspecified atom stereocenters. The van der Waals surface area contributed by atoms with Gasteiger partial charge in [0.2, 0.25) is 0 Å². The number of likely N-dealkylation sites (tertiary alicyclic amines) is 1. The highest BCUT2D eigenvalue weighted by Gasteiger charge is 2.25. The first-order chi connectivity index (χ1) is 9.11. The second-order valence-corrected chi connectivity index (χ2v) is 7.78. The van der Waals surface area contributed by atoms with Crippen LogP contribution in [0.1, 0.15) is 28.1 Å². The molecule has 1 fully saturated rings. The van der Waals surface area contributed by atoms with E-state index in [1.165, 1.54) is 11.3 Å². The zero-order chi connectivity index (χ0) is 13.8. The van der Waals surface area contributed by atoms with Gasteiger partial charge in [0.1, 0.15) is 0 Å². The Kier molecular flexibility index (Phi) is 5.87. The molecule has 0 radical (unpaired) electrons. The van der Waals surface area contributed by atoms with E-state index in [9.17, 15) is 4.79 Å². The summed E-state index contributed by atoms with van der Waals surface area (Å²) in [4.78, 5) is 15.1. The molecule has 0 aromatic carbocycles. The van der Waals surface area contributed by atoms with Gasteiger partial charge in [0.15, 0.2) is 0 Å². The molecule has 106 valence electrons. The highest BCUT2D eigenvalue weighted by atomic mass is 79.9. The predicted molar refractivity (Wildman–Crippen MR) is 85.4 cm³/mol. The van der Waals surface area contributed by atoms with Gasteiger partial charge in [-0.25, -0.2) is 0 Å². The number of hydrogen-bond donors (Lipinski definition) is 0. The SMILES string of the molecule is Cc1cc(C(=O)N2CCC(OCCBr)CC2)sc1Br. The summed E-state index contributed by atoms with van der Waals surface area (Å²) in [6.45, 7) is 4.34. The van der Waals surface area contributed by atoms with Crippen LogP contribution in [-0.4, -0.2) is 41.9 Å². The van der Waals surface area contributed by atoms with Crippen LogP contribution >= 0.6 is 43.2 Å². The first-order valence-corrected chi connectivity index (χ1v) is 9.07.